The standard InChI is InChI=1S/C7H10Cl2N4S/c1-12(2)13-7(5(9)4-10)6(3-8)14-11-13/h5,11H,3H2,1-2H3. The molecule has 1 N–H and O–H groups in total. The maximum atomic E-state index is 8.77. The lowest BCUT2D eigenvalue weighted by Gasteiger charge is -2.27. The third kappa shape index (κ3) is 2.27. The van der Waals surface area contributed by atoms with Crippen molar-refractivity contribution in [1.29, 1.82) is 5.26 Å². The number of rotatable bonds is 3. The molecule has 1 aliphatic rings. The van der Waals surface area contributed by atoms with Gasteiger partial charge in [-0.2, -0.15) is 10.1 Å². The molecule has 1 unspecified atom stereocenters. The Hall–Kier alpha value is -0.120. The number of hydrazine groups is 2. The third-order valence-corrected chi connectivity index (χ3v) is 3.24. The van der Waals surface area contributed by atoms with Gasteiger partial charge in [0.1, 0.15) is 0 Å². The minimum atomic E-state index is -0.686. The lowest BCUT2D eigenvalue weighted by atomic mass is 10.3. The Morgan fingerprint density at radius 3 is 2.79 bits per heavy atom. The normalized spacial score (nSPS) is 19.0. The van der Waals surface area contributed by atoms with Crippen molar-refractivity contribution in [3.05, 3.63) is 10.6 Å². The Labute approximate surface area is 97.5 Å². The molecule has 0 aromatic rings. The molecular formula is C7H10Cl2N4S. The van der Waals surface area contributed by atoms with E-state index in [9.17, 15) is 0 Å². The minimum Gasteiger partial charge on any atom is -0.230 e. The summed E-state index contributed by atoms with van der Waals surface area (Å²) in [5.74, 6) is 0.349. The third-order valence-electron chi connectivity index (χ3n) is 1.64. The average Bonchev–Trinajstić information content (AvgIpc) is 2.59. The average molecular weight is 253 g/mol. The van der Waals surface area contributed by atoms with Crippen LogP contribution >= 0.6 is 35.1 Å². The zero-order valence-electron chi connectivity index (χ0n) is 7.79. The molecule has 0 aromatic heterocycles. The van der Waals surface area contributed by atoms with Crippen LogP contribution in [-0.2, 0) is 0 Å². The molecule has 78 valence electrons. The van der Waals surface area contributed by atoms with E-state index in [0.717, 1.165) is 4.91 Å². The SMILES string of the molecule is CN(C)N1NSC(CCl)=C1C(Cl)C#N. The molecule has 0 fully saturated rings. The zero-order valence-corrected chi connectivity index (χ0v) is 10.1. The van der Waals surface area contributed by atoms with Crippen molar-refractivity contribution in [1.82, 2.24) is 15.0 Å². The van der Waals surface area contributed by atoms with Gasteiger partial charge in [-0.25, -0.2) is 10.1 Å². The molecule has 1 rings (SSSR count). The Bertz CT molecular complexity index is 286. The van der Waals surface area contributed by atoms with Crippen LogP contribution in [0.15, 0.2) is 10.6 Å². The van der Waals surface area contributed by atoms with E-state index in [-0.39, 0.29) is 0 Å². The van der Waals surface area contributed by atoms with E-state index in [0.29, 0.717) is 11.6 Å². The summed E-state index contributed by atoms with van der Waals surface area (Å²) >= 11 is 13.0. The van der Waals surface area contributed by atoms with Gasteiger partial charge in [0.15, 0.2) is 5.38 Å². The molecule has 0 aliphatic carbocycles. The molecule has 0 radical (unpaired) electrons. The maximum Gasteiger partial charge on any atom is 0.163 e. The highest BCUT2D eigenvalue weighted by Gasteiger charge is 2.29. The van der Waals surface area contributed by atoms with Gasteiger partial charge in [0.2, 0.25) is 0 Å². The molecule has 0 spiro atoms. The van der Waals surface area contributed by atoms with E-state index < -0.39 is 5.38 Å². The lowest BCUT2D eigenvalue weighted by Crippen LogP contribution is -2.42. The van der Waals surface area contributed by atoms with E-state index in [2.05, 4.69) is 4.83 Å². The molecule has 1 aliphatic heterocycles. The van der Waals surface area contributed by atoms with Gasteiger partial charge in [-0.1, -0.05) is 11.6 Å². The summed E-state index contributed by atoms with van der Waals surface area (Å²) in [5, 5.41) is 11.6. The number of nitrogens with one attached hydrogen (secondary N) is 1. The number of nitriles is 1. The van der Waals surface area contributed by atoms with Crippen LogP contribution in [0.3, 0.4) is 0 Å². The van der Waals surface area contributed by atoms with Crippen LogP contribution in [-0.4, -0.2) is 35.5 Å². The number of allylic oxidation sites excluding steroid dienone is 2. The first-order valence-electron chi connectivity index (χ1n) is 3.84. The molecule has 0 amide bonds. The minimum absolute atomic E-state index is 0.349. The van der Waals surface area contributed by atoms with Crippen LogP contribution in [0.5, 0.6) is 0 Å². The Balaban J connectivity index is 2.95. The van der Waals surface area contributed by atoms with Crippen LogP contribution < -0.4 is 4.83 Å². The van der Waals surface area contributed by atoms with Crippen molar-refractivity contribution in [2.24, 2.45) is 0 Å². The Morgan fingerprint density at radius 1 is 1.71 bits per heavy atom. The predicted octanol–water partition coefficient (Wildman–Crippen LogP) is 1.51. The highest BCUT2D eigenvalue weighted by molar-refractivity contribution is 8.01. The second kappa shape index (κ2) is 5.10. The van der Waals surface area contributed by atoms with Crippen molar-refractivity contribution >= 4 is 35.1 Å². The second-order valence-electron chi connectivity index (χ2n) is 2.79. The first-order chi connectivity index (χ1) is 6.61. The maximum absolute atomic E-state index is 8.77. The van der Waals surface area contributed by atoms with Gasteiger partial charge in [-0.15, -0.1) is 11.6 Å². The largest absolute Gasteiger partial charge is 0.230 e. The number of hydrogen-bond acceptors (Lipinski definition) is 5. The van der Waals surface area contributed by atoms with Gasteiger partial charge in [-0.3, -0.25) is 0 Å². The van der Waals surface area contributed by atoms with Gasteiger partial charge in [0.25, 0.3) is 0 Å². The molecule has 1 atom stereocenters. The van der Waals surface area contributed by atoms with Crippen molar-refractivity contribution in [2.75, 3.05) is 20.0 Å². The molecule has 7 heteroatoms. The molecule has 4 nitrogen and oxygen atoms in total. The predicted molar refractivity (Wildman–Crippen MR) is 59.3 cm³/mol. The molecule has 0 aromatic carbocycles. The number of halogens is 2. The van der Waals surface area contributed by atoms with Gasteiger partial charge in [0, 0.05) is 19.0 Å². The van der Waals surface area contributed by atoms with Gasteiger partial charge >= 0.3 is 0 Å². The van der Waals surface area contributed by atoms with Crippen molar-refractivity contribution in [3.63, 3.8) is 0 Å². The highest BCUT2D eigenvalue weighted by Crippen LogP contribution is 2.32. The molecule has 0 saturated heterocycles. The zero-order chi connectivity index (χ0) is 10.7. The highest BCUT2D eigenvalue weighted by atomic mass is 35.5. The van der Waals surface area contributed by atoms with Gasteiger partial charge < -0.3 is 0 Å². The fraction of sp³-hybridized carbons (Fsp3) is 0.571. The molecular weight excluding hydrogens is 243 g/mol. The van der Waals surface area contributed by atoms with Gasteiger partial charge in [-0.05, 0) is 11.9 Å². The smallest absolute Gasteiger partial charge is 0.163 e. The quantitative estimate of drug-likeness (QED) is 0.610. The number of nitrogens with zero attached hydrogens (tertiary/aromatic N) is 3. The summed E-state index contributed by atoms with van der Waals surface area (Å²) in [6.45, 7) is 0. The number of alkyl halides is 2. The summed E-state index contributed by atoms with van der Waals surface area (Å²) in [6, 6.07) is 1.98. The van der Waals surface area contributed by atoms with E-state index in [4.69, 9.17) is 28.5 Å². The van der Waals surface area contributed by atoms with E-state index >= 15 is 0 Å². The summed E-state index contributed by atoms with van der Waals surface area (Å²) < 4.78 is 0. The van der Waals surface area contributed by atoms with Crippen LogP contribution in [0.25, 0.3) is 0 Å². The first-order valence-corrected chi connectivity index (χ1v) is 5.63. The number of hydrogen-bond donors (Lipinski definition) is 1. The van der Waals surface area contributed by atoms with Gasteiger partial charge in [0.05, 0.1) is 17.6 Å². The van der Waals surface area contributed by atoms with Crippen LogP contribution in [0.2, 0.25) is 0 Å². The van der Waals surface area contributed by atoms with E-state index in [1.807, 2.05) is 20.2 Å². The van der Waals surface area contributed by atoms with Crippen LogP contribution in [0, 0.1) is 11.3 Å². The van der Waals surface area contributed by atoms with E-state index in [1.165, 1.54) is 11.9 Å². The second-order valence-corrected chi connectivity index (χ2v) is 4.37. The fourth-order valence-corrected chi connectivity index (χ4v) is 2.43. The summed E-state index contributed by atoms with van der Waals surface area (Å²) in [6.07, 6.45) is 0. The molecule has 1 heterocycles. The molecule has 0 saturated carbocycles. The van der Waals surface area contributed by atoms with Crippen molar-refractivity contribution in [2.45, 2.75) is 5.38 Å². The fourth-order valence-electron chi connectivity index (χ4n) is 1.02. The lowest BCUT2D eigenvalue weighted by molar-refractivity contribution is 0.0477. The van der Waals surface area contributed by atoms with Crippen LogP contribution in [0.4, 0.5) is 0 Å². The monoisotopic (exact) mass is 252 g/mol. The van der Waals surface area contributed by atoms with Crippen molar-refractivity contribution < 1.29 is 0 Å². The summed E-state index contributed by atoms with van der Waals surface area (Å²) in [5.41, 5.74) is 0.708. The van der Waals surface area contributed by atoms with Crippen molar-refractivity contribution in [3.8, 4) is 6.07 Å². The Morgan fingerprint density at radius 2 is 2.36 bits per heavy atom. The van der Waals surface area contributed by atoms with E-state index in [1.54, 1.807) is 10.1 Å². The van der Waals surface area contributed by atoms with Crippen LogP contribution in [0.1, 0.15) is 0 Å². The first kappa shape index (κ1) is 12.0. The topological polar surface area (TPSA) is 42.3 Å². The summed E-state index contributed by atoms with van der Waals surface area (Å²) in [4.78, 5) is 3.88. The molecule has 14 heavy (non-hydrogen) atoms. The molecule has 0 bridgehead atoms. The summed E-state index contributed by atoms with van der Waals surface area (Å²) in [7, 11) is 3.71. The Kier molecular flexibility index (Phi) is 4.35.